The molecular weight excluding hydrogens is 186 g/mol. The molecule has 0 aromatic carbocycles. The predicted octanol–water partition coefficient (Wildman–Crippen LogP) is 2.83. The highest BCUT2D eigenvalue weighted by atomic mass is 14.8. The molecule has 0 bridgehead atoms. The molecule has 1 rings (SSSR count). The van der Waals surface area contributed by atoms with Gasteiger partial charge in [0.25, 0.3) is 0 Å². The molecule has 0 fully saturated rings. The van der Waals surface area contributed by atoms with E-state index in [0.717, 1.165) is 11.4 Å². The van der Waals surface area contributed by atoms with Crippen molar-refractivity contribution in [3.63, 3.8) is 0 Å². The molecule has 0 aliphatic carbocycles. The third-order valence-electron chi connectivity index (χ3n) is 2.20. The van der Waals surface area contributed by atoms with E-state index < -0.39 is 0 Å². The predicted molar refractivity (Wildman–Crippen MR) is 63.2 cm³/mol. The minimum absolute atomic E-state index is 0.00605. The molecule has 0 saturated heterocycles. The molecule has 0 unspecified atom stereocenters. The molecule has 15 heavy (non-hydrogen) atoms. The van der Waals surface area contributed by atoms with Gasteiger partial charge < -0.3 is 5.41 Å². The van der Waals surface area contributed by atoms with E-state index in [1.54, 1.807) is 6.92 Å². The molecule has 1 aromatic heterocycles. The van der Waals surface area contributed by atoms with Gasteiger partial charge in [-0.15, -0.1) is 0 Å². The summed E-state index contributed by atoms with van der Waals surface area (Å²) < 4.78 is 0. The molecule has 0 amide bonds. The highest BCUT2D eigenvalue weighted by Gasteiger charge is 2.16. The van der Waals surface area contributed by atoms with Gasteiger partial charge in [0, 0.05) is 22.4 Å². The third-order valence-corrected chi connectivity index (χ3v) is 2.20. The van der Waals surface area contributed by atoms with Crippen LogP contribution < -0.4 is 0 Å². The lowest BCUT2D eigenvalue weighted by molar-refractivity contribution is 0.566. The van der Waals surface area contributed by atoms with E-state index in [2.05, 4.69) is 37.3 Å². The number of hydrogen-bond donors (Lipinski definition) is 1. The molecule has 0 saturated carbocycles. The van der Waals surface area contributed by atoms with Crippen LogP contribution in [0.3, 0.4) is 0 Å². The van der Waals surface area contributed by atoms with E-state index in [1.165, 1.54) is 6.33 Å². The zero-order chi connectivity index (χ0) is 11.6. The summed E-state index contributed by atoms with van der Waals surface area (Å²) in [6.45, 7) is 11.8. The fourth-order valence-electron chi connectivity index (χ4n) is 1.12. The SMILES string of the molecule is C=C(C(C)=N)c1cc(C(C)(C)C)ncn1. The van der Waals surface area contributed by atoms with Crippen molar-refractivity contribution in [2.24, 2.45) is 0 Å². The molecule has 3 nitrogen and oxygen atoms in total. The fraction of sp³-hybridized carbons (Fsp3) is 0.417. The summed E-state index contributed by atoms with van der Waals surface area (Å²) in [6, 6.07) is 1.90. The number of hydrogen-bond acceptors (Lipinski definition) is 3. The molecule has 3 heteroatoms. The molecule has 1 heterocycles. The maximum absolute atomic E-state index is 7.50. The van der Waals surface area contributed by atoms with Gasteiger partial charge in [0.2, 0.25) is 0 Å². The molecule has 1 aromatic rings. The average Bonchev–Trinajstić information content (AvgIpc) is 2.15. The van der Waals surface area contributed by atoms with E-state index >= 15 is 0 Å². The first kappa shape index (κ1) is 11.6. The summed E-state index contributed by atoms with van der Waals surface area (Å²) in [4.78, 5) is 8.35. The zero-order valence-corrected chi connectivity index (χ0v) is 9.76. The maximum Gasteiger partial charge on any atom is 0.116 e. The normalized spacial score (nSPS) is 11.2. The second-order valence-corrected chi connectivity index (χ2v) is 4.64. The van der Waals surface area contributed by atoms with Crippen LogP contribution >= 0.6 is 0 Å². The Bertz CT molecular complexity index is 400. The highest BCUT2D eigenvalue weighted by molar-refractivity contribution is 6.19. The Hall–Kier alpha value is -1.51. The van der Waals surface area contributed by atoms with Gasteiger partial charge in [0.15, 0.2) is 0 Å². The maximum atomic E-state index is 7.50. The van der Waals surface area contributed by atoms with Gasteiger partial charge >= 0.3 is 0 Å². The molecular formula is C12H17N3. The highest BCUT2D eigenvalue weighted by Crippen LogP contribution is 2.21. The van der Waals surface area contributed by atoms with Crippen LogP contribution in [0.4, 0.5) is 0 Å². The monoisotopic (exact) mass is 203 g/mol. The number of aromatic nitrogens is 2. The van der Waals surface area contributed by atoms with Crippen LogP contribution in [0.15, 0.2) is 19.0 Å². The number of nitrogens with zero attached hydrogens (tertiary/aromatic N) is 2. The van der Waals surface area contributed by atoms with Crippen LogP contribution in [-0.4, -0.2) is 15.7 Å². The van der Waals surface area contributed by atoms with Crippen LogP contribution in [0, 0.1) is 5.41 Å². The Morgan fingerprint density at radius 3 is 2.40 bits per heavy atom. The minimum atomic E-state index is -0.00605. The topological polar surface area (TPSA) is 49.6 Å². The summed E-state index contributed by atoms with van der Waals surface area (Å²) in [5.41, 5.74) is 2.79. The van der Waals surface area contributed by atoms with Crippen molar-refractivity contribution < 1.29 is 0 Å². The van der Waals surface area contributed by atoms with E-state index in [9.17, 15) is 0 Å². The van der Waals surface area contributed by atoms with Crippen molar-refractivity contribution in [2.45, 2.75) is 33.1 Å². The van der Waals surface area contributed by atoms with Crippen molar-refractivity contribution in [3.05, 3.63) is 30.4 Å². The molecule has 0 radical (unpaired) electrons. The van der Waals surface area contributed by atoms with Crippen molar-refractivity contribution in [1.82, 2.24) is 9.97 Å². The number of rotatable bonds is 2. The van der Waals surface area contributed by atoms with Crippen LogP contribution in [0.1, 0.15) is 39.1 Å². The largest absolute Gasteiger partial charge is 0.305 e. The third kappa shape index (κ3) is 2.72. The van der Waals surface area contributed by atoms with Gasteiger partial charge in [-0.05, 0) is 13.0 Å². The van der Waals surface area contributed by atoms with Gasteiger partial charge in [-0.1, -0.05) is 27.4 Å². The Labute approximate surface area is 90.8 Å². The molecule has 0 aliphatic rings. The molecule has 1 N–H and O–H groups in total. The lowest BCUT2D eigenvalue weighted by Gasteiger charge is -2.18. The van der Waals surface area contributed by atoms with Crippen LogP contribution in [0.2, 0.25) is 0 Å². The van der Waals surface area contributed by atoms with Crippen LogP contribution in [0.5, 0.6) is 0 Å². The van der Waals surface area contributed by atoms with Gasteiger partial charge in [0.1, 0.15) is 6.33 Å². The lowest BCUT2D eigenvalue weighted by Crippen LogP contribution is -2.14. The van der Waals surface area contributed by atoms with Gasteiger partial charge in [-0.25, -0.2) is 9.97 Å². The van der Waals surface area contributed by atoms with Gasteiger partial charge in [-0.2, -0.15) is 0 Å². The van der Waals surface area contributed by atoms with Crippen molar-refractivity contribution >= 4 is 11.3 Å². The fourth-order valence-corrected chi connectivity index (χ4v) is 1.12. The number of allylic oxidation sites excluding steroid dienone is 1. The lowest BCUT2D eigenvalue weighted by atomic mass is 9.91. The molecule has 0 spiro atoms. The van der Waals surface area contributed by atoms with Gasteiger partial charge in [-0.3, -0.25) is 0 Å². The van der Waals surface area contributed by atoms with Gasteiger partial charge in [0.05, 0.1) is 5.69 Å². The average molecular weight is 203 g/mol. The summed E-state index contributed by atoms with van der Waals surface area (Å²) in [7, 11) is 0. The van der Waals surface area contributed by atoms with Crippen LogP contribution in [0.25, 0.3) is 5.57 Å². The Morgan fingerprint density at radius 1 is 1.33 bits per heavy atom. The first-order chi connectivity index (χ1) is 6.82. The van der Waals surface area contributed by atoms with E-state index in [4.69, 9.17) is 5.41 Å². The Morgan fingerprint density at radius 2 is 1.93 bits per heavy atom. The summed E-state index contributed by atoms with van der Waals surface area (Å²) in [5, 5.41) is 7.50. The smallest absolute Gasteiger partial charge is 0.116 e. The Balaban J connectivity index is 3.14. The molecule has 0 atom stereocenters. The van der Waals surface area contributed by atoms with E-state index in [-0.39, 0.29) is 5.41 Å². The summed E-state index contributed by atoms with van der Waals surface area (Å²) in [5.74, 6) is 0. The summed E-state index contributed by atoms with van der Waals surface area (Å²) >= 11 is 0. The standard InChI is InChI=1S/C12H17N3/c1-8(9(2)13)10-6-11(12(3,4)5)15-7-14-10/h6-7,13H,1H2,2-5H3. The first-order valence-electron chi connectivity index (χ1n) is 4.89. The Kier molecular flexibility index (Phi) is 3.03. The minimum Gasteiger partial charge on any atom is -0.305 e. The van der Waals surface area contributed by atoms with E-state index in [0.29, 0.717) is 11.3 Å². The molecule has 80 valence electrons. The van der Waals surface area contributed by atoms with Crippen molar-refractivity contribution in [1.29, 1.82) is 5.41 Å². The first-order valence-corrected chi connectivity index (χ1v) is 4.89. The zero-order valence-electron chi connectivity index (χ0n) is 9.76. The second-order valence-electron chi connectivity index (χ2n) is 4.64. The summed E-state index contributed by atoms with van der Waals surface area (Å²) in [6.07, 6.45) is 1.53. The quantitative estimate of drug-likeness (QED) is 0.751. The van der Waals surface area contributed by atoms with Crippen LogP contribution in [-0.2, 0) is 5.41 Å². The number of nitrogens with one attached hydrogen (secondary N) is 1. The molecule has 0 aliphatic heterocycles. The van der Waals surface area contributed by atoms with E-state index in [1.807, 2.05) is 6.07 Å². The van der Waals surface area contributed by atoms with Crippen molar-refractivity contribution in [2.75, 3.05) is 0 Å². The second kappa shape index (κ2) is 3.93. The van der Waals surface area contributed by atoms with Crippen molar-refractivity contribution in [3.8, 4) is 0 Å².